The summed E-state index contributed by atoms with van der Waals surface area (Å²) in [6.07, 6.45) is 0.745. The molecule has 0 radical (unpaired) electrons. The lowest BCUT2D eigenvalue weighted by atomic mass is 10.1. The van der Waals surface area contributed by atoms with Crippen LogP contribution < -0.4 is 5.32 Å². The Bertz CT molecular complexity index is 366. The molecule has 1 aliphatic heterocycles. The van der Waals surface area contributed by atoms with Crippen LogP contribution in [0.4, 0.5) is 0 Å². The van der Waals surface area contributed by atoms with Gasteiger partial charge in [-0.1, -0.05) is 30.3 Å². The van der Waals surface area contributed by atoms with Crippen LogP contribution in [0.3, 0.4) is 0 Å². The van der Waals surface area contributed by atoms with Gasteiger partial charge in [-0.15, -0.1) is 0 Å². The maximum atomic E-state index is 11.5. The Hall–Kier alpha value is -1.39. The highest BCUT2D eigenvalue weighted by Crippen LogP contribution is 2.15. The van der Waals surface area contributed by atoms with Gasteiger partial charge in [0.05, 0.1) is 19.8 Å². The Morgan fingerprint density at radius 2 is 2.18 bits per heavy atom. The van der Waals surface area contributed by atoms with Gasteiger partial charge >= 0.3 is 5.97 Å². The number of carbonyl (C=O) groups excluding carboxylic acids is 1. The van der Waals surface area contributed by atoms with Crippen LogP contribution in [0, 0.1) is 0 Å². The van der Waals surface area contributed by atoms with Gasteiger partial charge in [0.15, 0.2) is 0 Å². The summed E-state index contributed by atoms with van der Waals surface area (Å²) < 4.78 is 10.5. The van der Waals surface area contributed by atoms with E-state index in [9.17, 15) is 4.79 Å². The van der Waals surface area contributed by atoms with Crippen molar-refractivity contribution in [2.45, 2.75) is 25.2 Å². The van der Waals surface area contributed by atoms with E-state index in [4.69, 9.17) is 9.47 Å². The highest BCUT2D eigenvalue weighted by atomic mass is 16.5. The summed E-state index contributed by atoms with van der Waals surface area (Å²) in [5.41, 5.74) is 1.11. The molecular formula is C13H17NO3. The molecule has 1 aliphatic rings. The Balaban J connectivity index is 1.88. The van der Waals surface area contributed by atoms with Crippen molar-refractivity contribution in [3.05, 3.63) is 35.9 Å². The van der Waals surface area contributed by atoms with Crippen molar-refractivity contribution in [1.29, 1.82) is 0 Å². The predicted octanol–water partition coefficient (Wildman–Crippen LogP) is 1.11. The van der Waals surface area contributed by atoms with E-state index in [-0.39, 0.29) is 18.1 Å². The molecule has 1 aromatic rings. The van der Waals surface area contributed by atoms with Crippen LogP contribution in [-0.2, 0) is 20.9 Å². The van der Waals surface area contributed by atoms with Gasteiger partial charge in [-0.2, -0.15) is 0 Å². The molecule has 1 saturated heterocycles. The number of esters is 1. The smallest absolute Gasteiger partial charge is 0.325 e. The first-order chi connectivity index (χ1) is 8.31. The third kappa shape index (κ3) is 3.05. The number of benzene rings is 1. The maximum Gasteiger partial charge on any atom is 0.325 e. The molecule has 0 unspecified atom stereocenters. The van der Waals surface area contributed by atoms with Crippen molar-refractivity contribution < 1.29 is 14.3 Å². The fourth-order valence-electron chi connectivity index (χ4n) is 2.00. The molecule has 4 heteroatoms. The van der Waals surface area contributed by atoms with Gasteiger partial charge in [-0.25, -0.2) is 0 Å². The lowest BCUT2D eigenvalue weighted by molar-refractivity contribution is -0.146. The Labute approximate surface area is 101 Å². The second-order valence-corrected chi connectivity index (χ2v) is 4.08. The highest BCUT2D eigenvalue weighted by molar-refractivity contribution is 5.76. The van der Waals surface area contributed by atoms with Crippen LogP contribution in [0.15, 0.2) is 30.3 Å². The van der Waals surface area contributed by atoms with Crippen LogP contribution >= 0.6 is 0 Å². The minimum atomic E-state index is -0.330. The molecule has 2 atom stereocenters. The van der Waals surface area contributed by atoms with Crippen molar-refractivity contribution >= 4 is 5.97 Å². The minimum absolute atomic E-state index is 0.0948. The third-order valence-electron chi connectivity index (χ3n) is 2.93. The SMILES string of the molecule is COC(=O)[C@H]1NCC[C@H]1OCc1ccccc1. The van der Waals surface area contributed by atoms with E-state index in [2.05, 4.69) is 5.32 Å². The summed E-state index contributed by atoms with van der Waals surface area (Å²) in [5.74, 6) is -0.249. The normalized spacial score (nSPS) is 23.6. The maximum absolute atomic E-state index is 11.5. The van der Waals surface area contributed by atoms with E-state index in [1.807, 2.05) is 30.3 Å². The average Bonchev–Trinajstić information content (AvgIpc) is 2.85. The molecule has 0 saturated carbocycles. The van der Waals surface area contributed by atoms with Gasteiger partial charge in [0.2, 0.25) is 0 Å². The van der Waals surface area contributed by atoms with E-state index in [0.29, 0.717) is 6.61 Å². The van der Waals surface area contributed by atoms with Crippen LogP contribution in [0.1, 0.15) is 12.0 Å². The standard InChI is InChI=1S/C13H17NO3/c1-16-13(15)12-11(7-8-14-12)17-9-10-5-3-2-4-6-10/h2-6,11-12,14H,7-9H2,1H3/t11-,12+/m1/s1. The lowest BCUT2D eigenvalue weighted by Gasteiger charge is -2.17. The van der Waals surface area contributed by atoms with E-state index >= 15 is 0 Å². The van der Waals surface area contributed by atoms with Gasteiger partial charge < -0.3 is 14.8 Å². The highest BCUT2D eigenvalue weighted by Gasteiger charge is 2.34. The number of hydrogen-bond acceptors (Lipinski definition) is 4. The van der Waals surface area contributed by atoms with Crippen molar-refractivity contribution in [2.24, 2.45) is 0 Å². The molecule has 0 amide bonds. The largest absolute Gasteiger partial charge is 0.468 e. The summed E-state index contributed by atoms with van der Waals surface area (Å²) in [4.78, 5) is 11.5. The predicted molar refractivity (Wildman–Crippen MR) is 63.4 cm³/mol. The van der Waals surface area contributed by atoms with Gasteiger partial charge in [0, 0.05) is 0 Å². The first-order valence-electron chi connectivity index (χ1n) is 5.78. The number of hydrogen-bond donors (Lipinski definition) is 1. The van der Waals surface area contributed by atoms with Crippen LogP contribution in [-0.4, -0.2) is 31.8 Å². The quantitative estimate of drug-likeness (QED) is 0.794. The zero-order valence-corrected chi connectivity index (χ0v) is 9.89. The molecular weight excluding hydrogens is 218 g/mol. The Morgan fingerprint density at radius 3 is 2.88 bits per heavy atom. The summed E-state index contributed by atoms with van der Waals surface area (Å²) >= 11 is 0. The molecule has 1 N–H and O–H groups in total. The number of ether oxygens (including phenoxy) is 2. The van der Waals surface area contributed by atoms with Gasteiger partial charge in [0.25, 0.3) is 0 Å². The number of carbonyl (C=O) groups is 1. The molecule has 1 aromatic carbocycles. The molecule has 4 nitrogen and oxygen atoms in total. The number of methoxy groups -OCH3 is 1. The summed E-state index contributed by atoms with van der Waals surface area (Å²) in [6, 6.07) is 9.61. The molecule has 1 heterocycles. The minimum Gasteiger partial charge on any atom is -0.468 e. The summed E-state index contributed by atoms with van der Waals surface area (Å²) in [7, 11) is 1.40. The van der Waals surface area contributed by atoms with Gasteiger partial charge in [-0.05, 0) is 18.5 Å². The van der Waals surface area contributed by atoms with E-state index < -0.39 is 0 Å². The van der Waals surface area contributed by atoms with Crippen LogP contribution in [0.25, 0.3) is 0 Å². The third-order valence-corrected chi connectivity index (χ3v) is 2.93. The second-order valence-electron chi connectivity index (χ2n) is 4.08. The molecule has 17 heavy (non-hydrogen) atoms. The lowest BCUT2D eigenvalue weighted by Crippen LogP contribution is -2.40. The second kappa shape index (κ2) is 5.80. The monoisotopic (exact) mass is 235 g/mol. The topological polar surface area (TPSA) is 47.6 Å². The Morgan fingerprint density at radius 1 is 1.41 bits per heavy atom. The zero-order valence-electron chi connectivity index (χ0n) is 9.89. The van der Waals surface area contributed by atoms with Crippen molar-refractivity contribution in [2.75, 3.05) is 13.7 Å². The Kier molecular flexibility index (Phi) is 4.12. The summed E-state index contributed by atoms with van der Waals surface area (Å²) in [6.45, 7) is 1.32. The van der Waals surface area contributed by atoms with Crippen molar-refractivity contribution in [3.63, 3.8) is 0 Å². The molecule has 0 spiro atoms. The van der Waals surface area contributed by atoms with Crippen molar-refractivity contribution in [3.8, 4) is 0 Å². The number of nitrogens with one attached hydrogen (secondary N) is 1. The fraction of sp³-hybridized carbons (Fsp3) is 0.462. The number of rotatable bonds is 4. The van der Waals surface area contributed by atoms with Gasteiger partial charge in [-0.3, -0.25) is 4.79 Å². The molecule has 2 rings (SSSR count). The molecule has 1 fully saturated rings. The molecule has 0 aromatic heterocycles. The van der Waals surface area contributed by atoms with E-state index in [0.717, 1.165) is 18.5 Å². The molecule has 92 valence electrons. The van der Waals surface area contributed by atoms with Crippen LogP contribution in [0.5, 0.6) is 0 Å². The zero-order chi connectivity index (χ0) is 12.1. The summed E-state index contributed by atoms with van der Waals surface area (Å²) in [5, 5.41) is 3.09. The van der Waals surface area contributed by atoms with E-state index in [1.54, 1.807) is 0 Å². The molecule has 0 bridgehead atoms. The van der Waals surface area contributed by atoms with Crippen molar-refractivity contribution in [1.82, 2.24) is 5.32 Å². The first-order valence-corrected chi connectivity index (χ1v) is 5.78. The molecule has 0 aliphatic carbocycles. The first kappa shape index (κ1) is 12.1. The average molecular weight is 235 g/mol. The fourth-order valence-corrected chi connectivity index (χ4v) is 2.00. The van der Waals surface area contributed by atoms with E-state index in [1.165, 1.54) is 7.11 Å². The van der Waals surface area contributed by atoms with Gasteiger partial charge in [0.1, 0.15) is 6.04 Å². The van der Waals surface area contributed by atoms with Crippen LogP contribution in [0.2, 0.25) is 0 Å².